The molecule has 0 radical (unpaired) electrons. The third kappa shape index (κ3) is 1.80. The topological polar surface area (TPSA) is 23.5 Å². The zero-order valence-corrected chi connectivity index (χ0v) is 9.48. The van der Waals surface area contributed by atoms with Gasteiger partial charge >= 0.3 is 0 Å². The summed E-state index contributed by atoms with van der Waals surface area (Å²) in [6.45, 7) is 6.61. The van der Waals surface area contributed by atoms with Crippen molar-refractivity contribution in [1.29, 1.82) is 0 Å². The second-order valence-corrected chi connectivity index (χ2v) is 4.80. The van der Waals surface area contributed by atoms with Crippen LogP contribution in [0.3, 0.4) is 0 Å². The fraction of sp³-hybridized carbons (Fsp3) is 0.538. The Balaban J connectivity index is 2.14. The molecule has 0 bridgehead atoms. The zero-order chi connectivity index (χ0) is 10.9. The zero-order valence-electron chi connectivity index (χ0n) is 9.48. The predicted octanol–water partition coefficient (Wildman–Crippen LogP) is 1.64. The molecule has 1 aliphatic heterocycles. The lowest BCUT2D eigenvalue weighted by atomic mass is 9.74. The van der Waals surface area contributed by atoms with Gasteiger partial charge in [-0.3, -0.25) is 4.90 Å². The van der Waals surface area contributed by atoms with Crippen molar-refractivity contribution in [2.24, 2.45) is 0 Å². The van der Waals surface area contributed by atoms with Crippen molar-refractivity contribution in [2.75, 3.05) is 19.7 Å². The van der Waals surface area contributed by atoms with Gasteiger partial charge in [0.25, 0.3) is 0 Å². The summed E-state index contributed by atoms with van der Waals surface area (Å²) >= 11 is 0. The minimum Gasteiger partial charge on any atom is -0.395 e. The van der Waals surface area contributed by atoms with Gasteiger partial charge in [-0.05, 0) is 19.4 Å². The van der Waals surface area contributed by atoms with Gasteiger partial charge in [-0.25, -0.2) is 0 Å². The molecule has 1 aliphatic rings. The normalized spacial score (nSPS) is 20.3. The summed E-state index contributed by atoms with van der Waals surface area (Å²) in [4.78, 5) is 2.39. The molecule has 0 aliphatic carbocycles. The van der Waals surface area contributed by atoms with Gasteiger partial charge in [0.2, 0.25) is 0 Å². The maximum atomic E-state index is 9.56. The highest BCUT2D eigenvalue weighted by atomic mass is 16.3. The fourth-order valence-electron chi connectivity index (χ4n) is 2.26. The van der Waals surface area contributed by atoms with Crippen LogP contribution in [0.5, 0.6) is 0 Å². The van der Waals surface area contributed by atoms with Crippen molar-refractivity contribution in [3.05, 3.63) is 35.9 Å². The number of hydrogen-bond donors (Lipinski definition) is 1. The maximum absolute atomic E-state index is 9.56. The first kappa shape index (κ1) is 10.7. The average molecular weight is 205 g/mol. The van der Waals surface area contributed by atoms with Gasteiger partial charge in [0.15, 0.2) is 0 Å². The van der Waals surface area contributed by atoms with E-state index >= 15 is 0 Å². The van der Waals surface area contributed by atoms with Crippen molar-refractivity contribution in [3.8, 4) is 0 Å². The van der Waals surface area contributed by atoms with E-state index in [1.54, 1.807) is 0 Å². The molecule has 82 valence electrons. The Kier molecular flexibility index (Phi) is 2.81. The molecular weight excluding hydrogens is 186 g/mol. The molecule has 0 amide bonds. The molecule has 0 spiro atoms. The Morgan fingerprint density at radius 3 is 2.33 bits per heavy atom. The predicted molar refractivity (Wildman–Crippen MR) is 61.9 cm³/mol. The van der Waals surface area contributed by atoms with Crippen LogP contribution >= 0.6 is 0 Å². The maximum Gasteiger partial charge on any atom is 0.0552 e. The largest absolute Gasteiger partial charge is 0.395 e. The van der Waals surface area contributed by atoms with E-state index < -0.39 is 0 Å². The number of hydrogen-bond acceptors (Lipinski definition) is 2. The van der Waals surface area contributed by atoms with E-state index in [0.29, 0.717) is 6.04 Å². The van der Waals surface area contributed by atoms with Crippen LogP contribution in [0.25, 0.3) is 0 Å². The number of likely N-dealkylation sites (tertiary alicyclic amines) is 1. The van der Waals surface area contributed by atoms with Gasteiger partial charge < -0.3 is 5.11 Å². The summed E-state index contributed by atoms with van der Waals surface area (Å²) in [6, 6.07) is 10.9. The summed E-state index contributed by atoms with van der Waals surface area (Å²) in [5.41, 5.74) is 1.26. The minimum atomic E-state index is -0.00840. The average Bonchev–Trinajstić information content (AvgIpc) is 2.18. The Morgan fingerprint density at radius 2 is 1.87 bits per heavy atom. The first-order valence-corrected chi connectivity index (χ1v) is 5.58. The SMILES string of the molecule is CC(C)N1CC(CO)(c2ccccc2)C1. The number of benzene rings is 1. The molecular formula is C13H19NO. The third-order valence-electron chi connectivity index (χ3n) is 3.43. The van der Waals surface area contributed by atoms with Crippen LogP contribution in [-0.2, 0) is 5.41 Å². The van der Waals surface area contributed by atoms with Crippen molar-refractivity contribution >= 4 is 0 Å². The van der Waals surface area contributed by atoms with Crippen molar-refractivity contribution in [3.63, 3.8) is 0 Å². The summed E-state index contributed by atoms with van der Waals surface area (Å²) < 4.78 is 0. The molecule has 2 nitrogen and oxygen atoms in total. The molecule has 0 aromatic heterocycles. The minimum absolute atomic E-state index is 0.00840. The summed E-state index contributed by atoms with van der Waals surface area (Å²) in [5.74, 6) is 0. The Bertz CT molecular complexity index is 315. The molecule has 1 fully saturated rings. The lowest BCUT2D eigenvalue weighted by Crippen LogP contribution is -2.63. The van der Waals surface area contributed by atoms with Gasteiger partial charge in [0.1, 0.15) is 0 Å². The summed E-state index contributed by atoms with van der Waals surface area (Å²) in [7, 11) is 0. The van der Waals surface area contributed by atoms with Crippen LogP contribution in [0.2, 0.25) is 0 Å². The summed E-state index contributed by atoms with van der Waals surface area (Å²) in [6.07, 6.45) is 0. The van der Waals surface area contributed by atoms with Gasteiger partial charge in [0, 0.05) is 24.5 Å². The van der Waals surface area contributed by atoms with Gasteiger partial charge in [-0.15, -0.1) is 0 Å². The first-order valence-electron chi connectivity index (χ1n) is 5.58. The quantitative estimate of drug-likeness (QED) is 0.811. The summed E-state index contributed by atoms with van der Waals surface area (Å²) in [5, 5.41) is 9.56. The molecule has 0 unspecified atom stereocenters. The van der Waals surface area contributed by atoms with Crippen LogP contribution in [-0.4, -0.2) is 35.7 Å². The first-order chi connectivity index (χ1) is 7.18. The highest BCUT2D eigenvalue weighted by Gasteiger charge is 2.44. The molecule has 1 saturated heterocycles. The lowest BCUT2D eigenvalue weighted by Gasteiger charge is -2.51. The number of aliphatic hydroxyl groups excluding tert-OH is 1. The van der Waals surface area contributed by atoms with Crippen molar-refractivity contribution in [1.82, 2.24) is 4.90 Å². The number of rotatable bonds is 3. The van der Waals surface area contributed by atoms with Gasteiger partial charge in [0.05, 0.1) is 6.61 Å². The van der Waals surface area contributed by atoms with E-state index in [0.717, 1.165) is 13.1 Å². The van der Waals surface area contributed by atoms with E-state index in [-0.39, 0.29) is 12.0 Å². The van der Waals surface area contributed by atoms with E-state index in [4.69, 9.17) is 0 Å². The Labute approximate surface area is 91.5 Å². The van der Waals surface area contributed by atoms with Crippen LogP contribution in [0.4, 0.5) is 0 Å². The fourth-order valence-corrected chi connectivity index (χ4v) is 2.26. The van der Waals surface area contributed by atoms with Crippen LogP contribution in [0.1, 0.15) is 19.4 Å². The Hall–Kier alpha value is -0.860. The Morgan fingerprint density at radius 1 is 1.27 bits per heavy atom. The molecule has 2 rings (SSSR count). The molecule has 1 N–H and O–H groups in total. The molecule has 1 aromatic rings. The number of nitrogens with zero attached hydrogens (tertiary/aromatic N) is 1. The number of aliphatic hydroxyl groups is 1. The van der Waals surface area contributed by atoms with E-state index in [9.17, 15) is 5.11 Å². The molecule has 0 atom stereocenters. The molecule has 15 heavy (non-hydrogen) atoms. The van der Waals surface area contributed by atoms with Crippen LogP contribution in [0, 0.1) is 0 Å². The highest BCUT2D eigenvalue weighted by Crippen LogP contribution is 2.35. The molecule has 2 heteroatoms. The van der Waals surface area contributed by atoms with Crippen molar-refractivity contribution in [2.45, 2.75) is 25.3 Å². The molecule has 1 aromatic carbocycles. The van der Waals surface area contributed by atoms with Crippen LogP contribution in [0.15, 0.2) is 30.3 Å². The highest BCUT2D eigenvalue weighted by molar-refractivity contribution is 5.30. The van der Waals surface area contributed by atoms with Crippen LogP contribution < -0.4 is 0 Å². The van der Waals surface area contributed by atoms with E-state index in [1.807, 2.05) is 18.2 Å². The second kappa shape index (κ2) is 3.95. The van der Waals surface area contributed by atoms with Gasteiger partial charge in [-0.2, -0.15) is 0 Å². The third-order valence-corrected chi connectivity index (χ3v) is 3.43. The van der Waals surface area contributed by atoms with Gasteiger partial charge in [-0.1, -0.05) is 30.3 Å². The molecule has 0 saturated carbocycles. The monoisotopic (exact) mass is 205 g/mol. The molecule has 1 heterocycles. The second-order valence-electron chi connectivity index (χ2n) is 4.80. The van der Waals surface area contributed by atoms with Crippen molar-refractivity contribution < 1.29 is 5.11 Å². The van der Waals surface area contributed by atoms with E-state index in [1.165, 1.54) is 5.56 Å². The lowest BCUT2D eigenvalue weighted by molar-refractivity contribution is -0.000857. The standard InChI is InChI=1S/C13H19NO/c1-11(2)14-8-13(9-14,10-15)12-6-4-3-5-7-12/h3-7,11,15H,8-10H2,1-2H3. The smallest absolute Gasteiger partial charge is 0.0552 e. The van der Waals surface area contributed by atoms with E-state index in [2.05, 4.69) is 30.9 Å².